The Hall–Kier alpha value is -1.25. The second kappa shape index (κ2) is 1.69. The first-order valence-corrected chi connectivity index (χ1v) is 2.16. The van der Waals surface area contributed by atoms with Crippen LogP contribution in [0.5, 0.6) is 0 Å². The first-order valence-electron chi connectivity index (χ1n) is 2.16. The van der Waals surface area contributed by atoms with Gasteiger partial charge in [0.05, 0.1) is 0 Å². The molecule has 0 aliphatic carbocycles. The van der Waals surface area contributed by atoms with Gasteiger partial charge in [-0.1, -0.05) is 0 Å². The number of aldehydes is 1. The van der Waals surface area contributed by atoms with Crippen molar-refractivity contribution in [2.75, 3.05) is 0 Å². The molecule has 0 saturated carbocycles. The summed E-state index contributed by atoms with van der Waals surface area (Å²) in [6.07, 6.45) is 1.98. The summed E-state index contributed by atoms with van der Waals surface area (Å²) in [6.45, 7) is 0. The molecule has 3 heteroatoms. The quantitative estimate of drug-likeness (QED) is 0.424. The lowest BCUT2D eigenvalue weighted by molar-refractivity contribution is 0.107. The third kappa shape index (κ3) is 0.578. The lowest BCUT2D eigenvalue weighted by Gasteiger charge is -1.87. The van der Waals surface area contributed by atoms with Gasteiger partial charge in [0.2, 0.25) is 0 Å². The molecule has 0 fully saturated rings. The Labute approximate surface area is 46.1 Å². The van der Waals surface area contributed by atoms with Crippen molar-refractivity contribution in [3.05, 3.63) is 24.0 Å². The second-order valence-electron chi connectivity index (χ2n) is 1.40. The van der Waals surface area contributed by atoms with Crippen LogP contribution in [0.15, 0.2) is 18.3 Å². The van der Waals surface area contributed by atoms with Crippen LogP contribution in [-0.4, -0.2) is 16.2 Å². The van der Waals surface area contributed by atoms with Gasteiger partial charge in [0, 0.05) is 6.20 Å². The zero-order valence-electron chi connectivity index (χ0n) is 4.11. The molecule has 3 nitrogen and oxygen atoms in total. The molecular weight excluding hydrogens is 106 g/mol. The fraction of sp³-hybridized carbons (Fsp3) is 0. The van der Waals surface area contributed by atoms with E-state index in [2.05, 4.69) is 0 Å². The van der Waals surface area contributed by atoms with E-state index in [0.29, 0.717) is 6.29 Å². The Morgan fingerprint density at radius 2 is 2.50 bits per heavy atom. The van der Waals surface area contributed by atoms with Gasteiger partial charge in [0.25, 0.3) is 0 Å². The molecule has 0 amide bonds. The van der Waals surface area contributed by atoms with E-state index < -0.39 is 0 Å². The minimum absolute atomic E-state index is 0.269. The van der Waals surface area contributed by atoms with Crippen molar-refractivity contribution in [2.45, 2.75) is 0 Å². The molecule has 0 aliphatic heterocycles. The molecule has 42 valence electrons. The highest BCUT2D eigenvalue weighted by molar-refractivity contribution is 5.71. The van der Waals surface area contributed by atoms with Gasteiger partial charge in [-0.05, 0) is 12.1 Å². The van der Waals surface area contributed by atoms with Gasteiger partial charge in [-0.15, -0.1) is 0 Å². The second-order valence-corrected chi connectivity index (χ2v) is 1.40. The van der Waals surface area contributed by atoms with Crippen molar-refractivity contribution >= 4 is 6.29 Å². The summed E-state index contributed by atoms with van der Waals surface area (Å²) in [5.41, 5.74) is 0.269. The van der Waals surface area contributed by atoms with Crippen LogP contribution >= 0.6 is 0 Å². The van der Waals surface area contributed by atoms with Crippen molar-refractivity contribution in [3.8, 4) is 0 Å². The zero-order chi connectivity index (χ0) is 5.98. The van der Waals surface area contributed by atoms with Gasteiger partial charge < -0.3 is 5.21 Å². The van der Waals surface area contributed by atoms with Crippen LogP contribution in [0.2, 0.25) is 0 Å². The highest BCUT2D eigenvalue weighted by Crippen LogP contribution is 1.92. The molecular formula is C5H5NO2. The number of hydrogen-bond donors (Lipinski definition) is 1. The summed E-state index contributed by atoms with van der Waals surface area (Å²) in [6, 6.07) is 3.11. The molecule has 1 aromatic rings. The van der Waals surface area contributed by atoms with Crippen LogP contribution in [0.25, 0.3) is 0 Å². The number of rotatable bonds is 1. The highest BCUT2D eigenvalue weighted by Gasteiger charge is 1.91. The average Bonchev–Trinajstić information content (AvgIpc) is 2.14. The molecule has 0 aliphatic rings. The minimum Gasteiger partial charge on any atom is -0.428 e. The van der Waals surface area contributed by atoms with Gasteiger partial charge >= 0.3 is 0 Å². The Morgan fingerprint density at radius 1 is 1.75 bits per heavy atom. The van der Waals surface area contributed by atoms with Crippen molar-refractivity contribution in [1.29, 1.82) is 0 Å². The summed E-state index contributed by atoms with van der Waals surface area (Å²) < 4.78 is 0.771. The fourth-order valence-electron chi connectivity index (χ4n) is 0.479. The number of hydrogen-bond acceptors (Lipinski definition) is 2. The normalized spacial score (nSPS) is 9.00. The van der Waals surface area contributed by atoms with Crippen LogP contribution in [0, 0.1) is 0 Å². The van der Waals surface area contributed by atoms with Gasteiger partial charge in [0.1, 0.15) is 5.69 Å². The average molecular weight is 111 g/mol. The van der Waals surface area contributed by atoms with E-state index in [4.69, 9.17) is 5.21 Å². The first-order chi connectivity index (χ1) is 3.84. The van der Waals surface area contributed by atoms with E-state index in [1.54, 1.807) is 6.07 Å². The Morgan fingerprint density at radius 3 is 2.75 bits per heavy atom. The van der Waals surface area contributed by atoms with Gasteiger partial charge in [-0.3, -0.25) is 4.79 Å². The summed E-state index contributed by atoms with van der Waals surface area (Å²) in [5, 5.41) is 8.64. The topological polar surface area (TPSA) is 42.2 Å². The van der Waals surface area contributed by atoms with E-state index in [-0.39, 0.29) is 5.69 Å². The van der Waals surface area contributed by atoms with Crippen LogP contribution in [0.4, 0.5) is 0 Å². The third-order valence-corrected chi connectivity index (χ3v) is 0.880. The van der Waals surface area contributed by atoms with Crippen molar-refractivity contribution in [2.24, 2.45) is 0 Å². The number of carbonyl (C=O) groups is 1. The maximum Gasteiger partial charge on any atom is 0.169 e. The fourth-order valence-corrected chi connectivity index (χ4v) is 0.479. The van der Waals surface area contributed by atoms with Gasteiger partial charge in [-0.25, -0.2) is 0 Å². The monoisotopic (exact) mass is 111 g/mol. The molecule has 1 rings (SSSR count). The summed E-state index contributed by atoms with van der Waals surface area (Å²) in [7, 11) is 0. The summed E-state index contributed by atoms with van der Waals surface area (Å²) in [4.78, 5) is 9.91. The molecule has 0 unspecified atom stereocenters. The molecule has 8 heavy (non-hydrogen) atoms. The van der Waals surface area contributed by atoms with Crippen LogP contribution < -0.4 is 0 Å². The predicted octanol–water partition coefficient (Wildman–Crippen LogP) is 0.538. The molecule has 1 aromatic heterocycles. The zero-order valence-corrected chi connectivity index (χ0v) is 4.11. The summed E-state index contributed by atoms with van der Waals surface area (Å²) >= 11 is 0. The van der Waals surface area contributed by atoms with Crippen LogP contribution in [0.1, 0.15) is 10.5 Å². The first kappa shape index (κ1) is 4.90. The van der Waals surface area contributed by atoms with E-state index in [1.807, 2.05) is 0 Å². The molecule has 1 N–H and O–H groups in total. The molecule has 0 bridgehead atoms. The van der Waals surface area contributed by atoms with Crippen molar-refractivity contribution in [3.63, 3.8) is 0 Å². The molecule has 1 heterocycles. The van der Waals surface area contributed by atoms with E-state index in [0.717, 1.165) is 4.73 Å². The minimum atomic E-state index is 0.269. The lowest BCUT2D eigenvalue weighted by atomic mass is 10.5. The molecule has 0 atom stereocenters. The van der Waals surface area contributed by atoms with E-state index in [1.165, 1.54) is 12.3 Å². The number of carbonyl (C=O) groups excluding carboxylic acids is 1. The molecule has 0 aromatic carbocycles. The highest BCUT2D eigenvalue weighted by atomic mass is 16.5. The SMILES string of the molecule is O=Cc1cccn1O. The maximum atomic E-state index is 9.91. The van der Waals surface area contributed by atoms with Crippen LogP contribution in [0.3, 0.4) is 0 Å². The Bertz CT molecular complexity index is 192. The Kier molecular flexibility index (Phi) is 1.04. The molecule has 0 radical (unpaired) electrons. The number of aromatic nitrogens is 1. The smallest absolute Gasteiger partial charge is 0.169 e. The largest absolute Gasteiger partial charge is 0.428 e. The molecule has 0 spiro atoms. The van der Waals surface area contributed by atoms with Crippen molar-refractivity contribution in [1.82, 2.24) is 4.73 Å². The van der Waals surface area contributed by atoms with Crippen molar-refractivity contribution < 1.29 is 10.0 Å². The lowest BCUT2D eigenvalue weighted by Crippen LogP contribution is -1.92. The van der Waals surface area contributed by atoms with Gasteiger partial charge in [-0.2, -0.15) is 4.73 Å². The molecule has 0 saturated heterocycles. The third-order valence-electron chi connectivity index (χ3n) is 0.880. The number of nitrogens with zero attached hydrogens (tertiary/aromatic N) is 1. The standard InChI is InChI=1S/C5H5NO2/c7-4-5-2-1-3-6(5)8/h1-4,8H. The van der Waals surface area contributed by atoms with Gasteiger partial charge in [0.15, 0.2) is 6.29 Å². The van der Waals surface area contributed by atoms with E-state index in [9.17, 15) is 4.79 Å². The van der Waals surface area contributed by atoms with Crippen LogP contribution in [-0.2, 0) is 0 Å². The maximum absolute atomic E-state index is 9.91. The Balaban J connectivity index is 3.09. The summed E-state index contributed by atoms with van der Waals surface area (Å²) in [5.74, 6) is 0. The predicted molar refractivity (Wildman–Crippen MR) is 27.0 cm³/mol. The van der Waals surface area contributed by atoms with E-state index >= 15 is 0 Å².